The van der Waals surface area contributed by atoms with Crippen LogP contribution in [0, 0.1) is 17.8 Å². The predicted molar refractivity (Wildman–Crippen MR) is 62.0 cm³/mol. The van der Waals surface area contributed by atoms with E-state index in [-0.39, 0.29) is 11.5 Å². The molecule has 0 aromatic carbocycles. The van der Waals surface area contributed by atoms with Crippen molar-refractivity contribution in [3.63, 3.8) is 0 Å². The molecule has 1 heteroatoms. The van der Waals surface area contributed by atoms with Crippen LogP contribution < -0.4 is 0 Å². The molecule has 0 aromatic rings. The van der Waals surface area contributed by atoms with Crippen LogP contribution in [0.2, 0.25) is 0 Å². The van der Waals surface area contributed by atoms with E-state index in [1.165, 1.54) is 0 Å². The van der Waals surface area contributed by atoms with Gasteiger partial charge in [0.2, 0.25) is 0 Å². The molecule has 0 saturated carbocycles. The maximum Gasteiger partial charge on any atom is 0.0591 e. The second kappa shape index (κ2) is 6.44. The number of rotatable bonds is 7. The van der Waals surface area contributed by atoms with Crippen molar-refractivity contribution in [3.05, 3.63) is 6.42 Å². The monoisotopic (exact) mass is 198 g/mol. The van der Waals surface area contributed by atoms with E-state index in [0.29, 0.717) is 5.92 Å². The van der Waals surface area contributed by atoms with Gasteiger partial charge >= 0.3 is 0 Å². The summed E-state index contributed by atoms with van der Waals surface area (Å²) in [6, 6.07) is 0. The quantitative estimate of drug-likeness (QED) is 0.661. The summed E-state index contributed by atoms with van der Waals surface area (Å²) in [5.74, 6) is 0.675. The third-order valence-electron chi connectivity index (χ3n) is 2.60. The first-order valence-corrected chi connectivity index (χ1v) is 5.79. The highest BCUT2D eigenvalue weighted by molar-refractivity contribution is 4.84. The molecule has 0 aliphatic heterocycles. The largest absolute Gasteiger partial charge is 0.393 e. The third-order valence-corrected chi connectivity index (χ3v) is 2.60. The molecule has 1 atom stereocenters. The van der Waals surface area contributed by atoms with Gasteiger partial charge in [-0.3, -0.25) is 0 Å². The van der Waals surface area contributed by atoms with Crippen LogP contribution in [0.5, 0.6) is 0 Å². The molecule has 0 fully saturated rings. The van der Waals surface area contributed by atoms with Gasteiger partial charge in [-0.2, -0.15) is 0 Å². The third kappa shape index (κ3) is 5.64. The molecule has 0 aliphatic carbocycles. The van der Waals surface area contributed by atoms with Crippen molar-refractivity contribution >= 4 is 0 Å². The molecule has 0 bridgehead atoms. The summed E-state index contributed by atoms with van der Waals surface area (Å²) < 4.78 is 0. The lowest BCUT2D eigenvalue weighted by Crippen LogP contribution is -2.29. The fraction of sp³-hybridized carbons (Fsp3) is 0.923. The summed E-state index contributed by atoms with van der Waals surface area (Å²) in [5.41, 5.74) is -0.00903. The van der Waals surface area contributed by atoms with Crippen LogP contribution >= 0.6 is 0 Å². The average Bonchev–Trinajstić information content (AvgIpc) is 2.03. The molecule has 1 nitrogen and oxygen atoms in total. The Morgan fingerprint density at radius 3 is 2.29 bits per heavy atom. The Hall–Kier alpha value is -0.0400. The summed E-state index contributed by atoms with van der Waals surface area (Å²) in [7, 11) is 0. The van der Waals surface area contributed by atoms with Crippen LogP contribution in [0.25, 0.3) is 0 Å². The van der Waals surface area contributed by atoms with Crippen molar-refractivity contribution in [1.82, 2.24) is 0 Å². The van der Waals surface area contributed by atoms with E-state index in [1.807, 2.05) is 0 Å². The van der Waals surface area contributed by atoms with Gasteiger partial charge in [-0.15, -0.1) is 0 Å². The molecule has 0 aliphatic rings. The first-order valence-electron chi connectivity index (χ1n) is 5.79. The Labute approximate surface area is 89.9 Å². The summed E-state index contributed by atoms with van der Waals surface area (Å²) in [6.45, 7) is 10.8. The molecule has 0 amide bonds. The van der Waals surface area contributed by atoms with Gasteiger partial charge in [0.05, 0.1) is 6.10 Å². The lowest BCUT2D eigenvalue weighted by molar-refractivity contribution is 0.0413. The predicted octanol–water partition coefficient (Wildman–Crippen LogP) is 3.69. The topological polar surface area (TPSA) is 20.2 Å². The van der Waals surface area contributed by atoms with Crippen molar-refractivity contribution in [1.29, 1.82) is 0 Å². The van der Waals surface area contributed by atoms with Crippen molar-refractivity contribution in [2.24, 2.45) is 11.3 Å². The molecule has 0 aromatic heterocycles. The molecular formula is C13H26O. The minimum Gasteiger partial charge on any atom is -0.393 e. The Morgan fingerprint density at radius 2 is 1.86 bits per heavy atom. The first-order chi connectivity index (χ1) is 6.40. The van der Waals surface area contributed by atoms with Crippen LogP contribution in [-0.4, -0.2) is 11.2 Å². The van der Waals surface area contributed by atoms with Gasteiger partial charge < -0.3 is 5.11 Å². The molecule has 0 heterocycles. The molecule has 0 rings (SSSR count). The van der Waals surface area contributed by atoms with Gasteiger partial charge in [-0.1, -0.05) is 41.0 Å². The highest BCUT2D eigenvalue weighted by Gasteiger charge is 2.26. The van der Waals surface area contributed by atoms with E-state index in [2.05, 4.69) is 41.0 Å². The van der Waals surface area contributed by atoms with Crippen LogP contribution in [0.4, 0.5) is 0 Å². The van der Waals surface area contributed by atoms with Crippen LogP contribution in [0.3, 0.4) is 0 Å². The smallest absolute Gasteiger partial charge is 0.0591 e. The fourth-order valence-electron chi connectivity index (χ4n) is 1.46. The Bertz CT molecular complexity index is 138. The summed E-state index contributed by atoms with van der Waals surface area (Å²) in [4.78, 5) is 0. The van der Waals surface area contributed by atoms with Crippen LogP contribution in [0.15, 0.2) is 0 Å². The molecule has 14 heavy (non-hydrogen) atoms. The van der Waals surface area contributed by atoms with E-state index in [4.69, 9.17) is 0 Å². The molecule has 1 unspecified atom stereocenters. The zero-order chi connectivity index (χ0) is 11.2. The minimum absolute atomic E-state index is 0.00903. The van der Waals surface area contributed by atoms with Gasteiger partial charge in [0.1, 0.15) is 0 Å². The van der Waals surface area contributed by atoms with Gasteiger partial charge in [-0.25, -0.2) is 0 Å². The molecule has 1 N–H and O–H groups in total. The number of hydrogen-bond acceptors (Lipinski definition) is 1. The van der Waals surface area contributed by atoms with E-state index in [9.17, 15) is 5.11 Å². The molecular weight excluding hydrogens is 172 g/mol. The number of hydrogen-bond donors (Lipinski definition) is 1. The van der Waals surface area contributed by atoms with Gasteiger partial charge in [-0.05, 0) is 37.0 Å². The van der Waals surface area contributed by atoms with Crippen LogP contribution in [0.1, 0.15) is 60.3 Å². The second-order valence-electron chi connectivity index (χ2n) is 5.32. The van der Waals surface area contributed by atoms with E-state index in [1.54, 1.807) is 0 Å². The maximum atomic E-state index is 9.90. The maximum absolute atomic E-state index is 9.90. The van der Waals surface area contributed by atoms with Gasteiger partial charge in [0, 0.05) is 0 Å². The molecule has 84 valence electrons. The number of aliphatic hydroxyl groups excluding tert-OH is 1. The fourth-order valence-corrected chi connectivity index (χ4v) is 1.46. The Kier molecular flexibility index (Phi) is 6.43. The first kappa shape index (κ1) is 14.0. The van der Waals surface area contributed by atoms with Crippen molar-refractivity contribution in [2.45, 2.75) is 66.4 Å². The minimum atomic E-state index is -0.188. The van der Waals surface area contributed by atoms with Crippen molar-refractivity contribution in [2.75, 3.05) is 0 Å². The lowest BCUT2D eigenvalue weighted by Gasteiger charge is -2.30. The van der Waals surface area contributed by atoms with Crippen molar-refractivity contribution < 1.29 is 5.11 Å². The summed E-state index contributed by atoms with van der Waals surface area (Å²) in [6.07, 6.45) is 7.09. The summed E-state index contributed by atoms with van der Waals surface area (Å²) >= 11 is 0. The molecule has 0 saturated heterocycles. The second-order valence-corrected chi connectivity index (χ2v) is 5.32. The van der Waals surface area contributed by atoms with E-state index < -0.39 is 0 Å². The molecule has 0 spiro atoms. The average molecular weight is 198 g/mol. The normalized spacial score (nSPS) is 14.8. The number of aliphatic hydroxyl groups is 1. The standard InChI is InChI=1S/C13H26O/c1-6-8-12(14)13(4,5)10-7-9-11(2)3/h11-12,14H,6,8-10H2,1-5H3. The lowest BCUT2D eigenvalue weighted by atomic mass is 9.79. The highest BCUT2D eigenvalue weighted by atomic mass is 16.3. The Balaban J connectivity index is 3.81. The SMILES string of the molecule is CCCC(O)C(C)(C)C[C]CC(C)C. The van der Waals surface area contributed by atoms with E-state index in [0.717, 1.165) is 25.7 Å². The van der Waals surface area contributed by atoms with Crippen LogP contribution in [-0.2, 0) is 0 Å². The van der Waals surface area contributed by atoms with Gasteiger partial charge in [0.15, 0.2) is 0 Å². The van der Waals surface area contributed by atoms with Crippen molar-refractivity contribution in [3.8, 4) is 0 Å². The van der Waals surface area contributed by atoms with Gasteiger partial charge in [0.25, 0.3) is 0 Å². The zero-order valence-electron chi connectivity index (χ0n) is 10.4. The highest BCUT2D eigenvalue weighted by Crippen LogP contribution is 2.30. The van der Waals surface area contributed by atoms with E-state index >= 15 is 0 Å². The molecule has 2 radical (unpaired) electrons. The summed E-state index contributed by atoms with van der Waals surface area (Å²) in [5, 5.41) is 9.90. The zero-order valence-corrected chi connectivity index (χ0v) is 10.4. The Morgan fingerprint density at radius 1 is 1.29 bits per heavy atom.